The van der Waals surface area contributed by atoms with Crippen molar-refractivity contribution >= 4 is 15.9 Å². The SMILES string of the molecule is C[NH+]1CC[C@@H]2C[C@@H](Br)CC[C@@H]2C1. The standard InChI is InChI=1S/C10H18BrN/c1-12-5-4-8-6-10(11)3-2-9(8)7-12/h8-10H,2-7H2,1H3/p+1/t8-,9-,10+/m1/s1. The van der Waals surface area contributed by atoms with Crippen LogP contribution < -0.4 is 4.90 Å². The Labute approximate surface area is 83.6 Å². The average molecular weight is 233 g/mol. The number of hydrogen-bond acceptors (Lipinski definition) is 0. The molecule has 0 aromatic carbocycles. The number of nitrogens with one attached hydrogen (secondary N) is 1. The number of likely N-dealkylation sites (tertiary alicyclic amines) is 1. The van der Waals surface area contributed by atoms with Gasteiger partial charge in [0.15, 0.2) is 0 Å². The first kappa shape index (κ1) is 9.01. The van der Waals surface area contributed by atoms with E-state index < -0.39 is 0 Å². The highest BCUT2D eigenvalue weighted by molar-refractivity contribution is 9.09. The number of fused-ring (bicyclic) bond motifs is 1. The van der Waals surface area contributed by atoms with Crippen molar-refractivity contribution in [3.8, 4) is 0 Å². The fraction of sp³-hybridized carbons (Fsp3) is 1.00. The van der Waals surface area contributed by atoms with E-state index in [0.717, 1.165) is 16.7 Å². The Balaban J connectivity index is 1.94. The molecule has 1 aliphatic carbocycles. The van der Waals surface area contributed by atoms with Crippen molar-refractivity contribution in [2.24, 2.45) is 11.8 Å². The Morgan fingerprint density at radius 3 is 2.83 bits per heavy atom. The van der Waals surface area contributed by atoms with Gasteiger partial charge in [0.1, 0.15) is 0 Å². The summed E-state index contributed by atoms with van der Waals surface area (Å²) in [5.74, 6) is 2.10. The van der Waals surface area contributed by atoms with E-state index in [2.05, 4.69) is 23.0 Å². The van der Waals surface area contributed by atoms with Crippen LogP contribution in [0.3, 0.4) is 0 Å². The third kappa shape index (κ3) is 1.85. The second-order valence-electron chi connectivity index (χ2n) is 4.63. The predicted octanol–water partition coefficient (Wildman–Crippen LogP) is 1.08. The molecule has 0 spiro atoms. The first-order chi connectivity index (χ1) is 5.75. The van der Waals surface area contributed by atoms with Gasteiger partial charge in [0.05, 0.1) is 20.1 Å². The van der Waals surface area contributed by atoms with E-state index in [0.29, 0.717) is 0 Å². The lowest BCUT2D eigenvalue weighted by molar-refractivity contribution is -0.890. The number of piperidine rings is 1. The fourth-order valence-corrected chi connectivity index (χ4v) is 3.62. The van der Waals surface area contributed by atoms with Gasteiger partial charge in [0.2, 0.25) is 0 Å². The third-order valence-corrected chi connectivity index (χ3v) is 4.46. The molecule has 12 heavy (non-hydrogen) atoms. The Bertz CT molecular complexity index is 142. The summed E-state index contributed by atoms with van der Waals surface area (Å²) in [6.45, 7) is 2.84. The minimum Gasteiger partial charge on any atom is -0.337 e. The summed E-state index contributed by atoms with van der Waals surface area (Å²) in [5, 5.41) is 0. The van der Waals surface area contributed by atoms with E-state index in [1.54, 1.807) is 4.90 Å². The van der Waals surface area contributed by atoms with Gasteiger partial charge >= 0.3 is 0 Å². The summed E-state index contributed by atoms with van der Waals surface area (Å²) in [6, 6.07) is 0. The molecule has 2 aliphatic rings. The predicted molar refractivity (Wildman–Crippen MR) is 54.8 cm³/mol. The van der Waals surface area contributed by atoms with Crippen LogP contribution in [0.25, 0.3) is 0 Å². The zero-order valence-electron chi connectivity index (χ0n) is 7.85. The van der Waals surface area contributed by atoms with Crippen LogP contribution in [-0.2, 0) is 0 Å². The molecular formula is C10H19BrN+. The van der Waals surface area contributed by atoms with Crippen molar-refractivity contribution in [2.75, 3.05) is 20.1 Å². The van der Waals surface area contributed by atoms with Crippen LogP contribution in [0.4, 0.5) is 0 Å². The van der Waals surface area contributed by atoms with E-state index in [9.17, 15) is 0 Å². The zero-order chi connectivity index (χ0) is 8.55. The van der Waals surface area contributed by atoms with Crippen molar-refractivity contribution in [3.05, 3.63) is 0 Å². The van der Waals surface area contributed by atoms with Crippen molar-refractivity contribution in [1.29, 1.82) is 0 Å². The zero-order valence-corrected chi connectivity index (χ0v) is 9.44. The van der Waals surface area contributed by atoms with Gasteiger partial charge in [-0.25, -0.2) is 0 Å². The lowest BCUT2D eigenvalue weighted by Crippen LogP contribution is -3.11. The van der Waals surface area contributed by atoms with Crippen molar-refractivity contribution in [3.63, 3.8) is 0 Å². The van der Waals surface area contributed by atoms with Gasteiger partial charge in [-0.15, -0.1) is 0 Å². The van der Waals surface area contributed by atoms with Crippen LogP contribution >= 0.6 is 15.9 Å². The maximum Gasteiger partial charge on any atom is 0.0800 e. The average Bonchev–Trinajstić information content (AvgIpc) is 2.05. The summed E-state index contributed by atoms with van der Waals surface area (Å²) in [4.78, 5) is 2.58. The molecule has 70 valence electrons. The lowest BCUT2D eigenvalue weighted by Gasteiger charge is -2.39. The molecule has 1 unspecified atom stereocenters. The molecule has 2 fully saturated rings. The molecule has 0 bridgehead atoms. The van der Waals surface area contributed by atoms with Crippen molar-refractivity contribution in [1.82, 2.24) is 0 Å². The molecule has 4 atom stereocenters. The van der Waals surface area contributed by atoms with Crippen LogP contribution in [0.15, 0.2) is 0 Å². The van der Waals surface area contributed by atoms with Crippen LogP contribution in [0.5, 0.6) is 0 Å². The van der Waals surface area contributed by atoms with Crippen molar-refractivity contribution in [2.45, 2.75) is 30.5 Å². The summed E-state index contributed by atoms with van der Waals surface area (Å²) in [5.41, 5.74) is 0. The van der Waals surface area contributed by atoms with Gasteiger partial charge in [0.25, 0.3) is 0 Å². The molecule has 0 aromatic heterocycles. The number of quaternary nitrogens is 1. The van der Waals surface area contributed by atoms with Gasteiger partial charge in [-0.05, 0) is 31.6 Å². The van der Waals surface area contributed by atoms with Crippen LogP contribution in [-0.4, -0.2) is 25.0 Å². The highest BCUT2D eigenvalue weighted by Crippen LogP contribution is 2.35. The number of alkyl halides is 1. The van der Waals surface area contributed by atoms with Crippen LogP contribution in [0, 0.1) is 11.8 Å². The van der Waals surface area contributed by atoms with E-state index in [1.807, 2.05) is 0 Å². The lowest BCUT2D eigenvalue weighted by atomic mass is 9.75. The monoisotopic (exact) mass is 232 g/mol. The van der Waals surface area contributed by atoms with Gasteiger partial charge < -0.3 is 4.90 Å². The van der Waals surface area contributed by atoms with E-state index >= 15 is 0 Å². The minimum absolute atomic E-state index is 0.831. The second-order valence-corrected chi connectivity index (χ2v) is 5.93. The Kier molecular flexibility index (Phi) is 2.75. The topological polar surface area (TPSA) is 4.44 Å². The van der Waals surface area contributed by atoms with Gasteiger partial charge in [0, 0.05) is 10.7 Å². The van der Waals surface area contributed by atoms with Crippen LogP contribution in [0.2, 0.25) is 0 Å². The molecule has 1 saturated heterocycles. The molecule has 1 nitrogen and oxygen atoms in total. The van der Waals surface area contributed by atoms with Crippen molar-refractivity contribution < 1.29 is 4.90 Å². The summed E-state index contributed by atoms with van der Waals surface area (Å²) >= 11 is 3.76. The normalized spacial score (nSPS) is 48.5. The first-order valence-corrected chi connectivity index (χ1v) is 6.12. The summed E-state index contributed by atoms with van der Waals surface area (Å²) in [7, 11) is 2.34. The molecule has 2 rings (SSSR count). The van der Waals surface area contributed by atoms with E-state index in [4.69, 9.17) is 0 Å². The summed E-state index contributed by atoms with van der Waals surface area (Å²) in [6.07, 6.45) is 5.79. The molecule has 2 heteroatoms. The molecular weight excluding hydrogens is 214 g/mol. The Hall–Kier alpha value is 0.440. The molecule has 0 amide bonds. The van der Waals surface area contributed by atoms with E-state index in [1.165, 1.54) is 38.8 Å². The smallest absolute Gasteiger partial charge is 0.0800 e. The van der Waals surface area contributed by atoms with Gasteiger partial charge in [-0.2, -0.15) is 0 Å². The number of halogens is 1. The van der Waals surface area contributed by atoms with Gasteiger partial charge in [-0.3, -0.25) is 0 Å². The molecule has 1 N–H and O–H groups in total. The first-order valence-electron chi connectivity index (χ1n) is 5.21. The highest BCUT2D eigenvalue weighted by atomic mass is 79.9. The second kappa shape index (κ2) is 3.67. The Morgan fingerprint density at radius 2 is 2.00 bits per heavy atom. The maximum absolute atomic E-state index is 3.76. The largest absolute Gasteiger partial charge is 0.337 e. The minimum atomic E-state index is 0.831. The molecule has 1 aliphatic heterocycles. The molecule has 1 heterocycles. The van der Waals surface area contributed by atoms with Crippen LogP contribution in [0.1, 0.15) is 25.7 Å². The quantitative estimate of drug-likeness (QED) is 0.597. The molecule has 0 aromatic rings. The Morgan fingerprint density at radius 1 is 1.17 bits per heavy atom. The maximum atomic E-state index is 3.76. The molecule has 1 saturated carbocycles. The van der Waals surface area contributed by atoms with E-state index in [-0.39, 0.29) is 0 Å². The fourth-order valence-electron chi connectivity index (χ4n) is 2.87. The van der Waals surface area contributed by atoms with Gasteiger partial charge in [-0.1, -0.05) is 15.9 Å². The summed E-state index contributed by atoms with van der Waals surface area (Å²) < 4.78 is 0. The number of rotatable bonds is 0. The number of hydrogen-bond donors (Lipinski definition) is 1. The molecule has 0 radical (unpaired) electrons. The highest BCUT2D eigenvalue weighted by Gasteiger charge is 2.34. The third-order valence-electron chi connectivity index (χ3n) is 3.63.